The number of alkyl halides is 3. The number of carbonyl (C=O) groups is 1. The Hall–Kier alpha value is -3.21. The molecule has 0 aliphatic carbocycles. The third-order valence-corrected chi connectivity index (χ3v) is 6.31. The summed E-state index contributed by atoms with van der Waals surface area (Å²) < 4.78 is 42.4. The molecule has 3 heterocycles. The van der Waals surface area contributed by atoms with E-state index in [1.165, 1.54) is 28.0 Å². The van der Waals surface area contributed by atoms with Crippen LogP contribution in [0.4, 0.5) is 13.2 Å². The molecular formula is C29H19EuF3N2O4. The molecule has 10 heteroatoms. The molecule has 6 rings (SSSR count). The first kappa shape index (κ1) is 28.8. The number of pyridine rings is 2. The number of carbonyl (C=O) groups excluding carboxylic acids is 1. The van der Waals surface area contributed by atoms with E-state index in [0.29, 0.717) is 10.8 Å². The minimum atomic E-state index is -5.28. The Morgan fingerprint density at radius 1 is 0.795 bits per heavy atom. The molecule has 39 heavy (non-hydrogen) atoms. The average molecular weight is 668 g/mol. The van der Waals surface area contributed by atoms with E-state index in [2.05, 4.69) is 35.9 Å². The zero-order chi connectivity index (χ0) is 27.2. The van der Waals surface area contributed by atoms with Crippen LogP contribution in [0.2, 0.25) is 0 Å². The van der Waals surface area contributed by atoms with Crippen LogP contribution in [0.5, 0.6) is 5.75 Å². The zero-order valence-corrected chi connectivity index (χ0v) is 22.9. The second kappa shape index (κ2) is 11.1. The maximum atomic E-state index is 12.5. The van der Waals surface area contributed by atoms with E-state index in [1.54, 1.807) is 30.3 Å². The molecule has 0 aliphatic rings. The van der Waals surface area contributed by atoms with Crippen LogP contribution in [0.1, 0.15) is 21.5 Å². The number of nitrogens with zero attached hydrogens (tertiary/aromatic N) is 2. The van der Waals surface area contributed by atoms with Crippen molar-refractivity contribution in [2.45, 2.75) is 20.0 Å². The van der Waals surface area contributed by atoms with Crippen molar-refractivity contribution in [2.75, 3.05) is 0 Å². The van der Waals surface area contributed by atoms with E-state index in [-0.39, 0.29) is 60.3 Å². The Balaban J connectivity index is 0.000000184. The summed E-state index contributed by atoms with van der Waals surface area (Å²) in [6.07, 6.45) is -1.58. The SMILES string of the molecule is Cc1ccnc2c1ccc1c(C)ccnc12.O=C(c1c(O)c2ccc3ccccc3c2oc1=O)C(F)(F)F.[Eu]. The molecular weight excluding hydrogens is 649 g/mol. The molecule has 0 saturated carbocycles. The molecule has 6 aromatic rings. The standard InChI is InChI=1S/C15H7F3O4.C14H12N2.Eu/c16-15(17,18)13(20)10-11(19)9-6-5-7-3-1-2-4-8(7)12(9)22-14(10)21;1-9-5-7-15-13-11(9)3-4-12-10(2)6-8-16-14(12)13;/h1-6,19H;3-8H,1-2H3;. The van der Waals surface area contributed by atoms with E-state index >= 15 is 0 Å². The molecule has 0 bridgehead atoms. The molecule has 0 spiro atoms. The van der Waals surface area contributed by atoms with Crippen LogP contribution < -0.4 is 5.63 Å². The van der Waals surface area contributed by atoms with Crippen LogP contribution in [0.15, 0.2) is 82.3 Å². The van der Waals surface area contributed by atoms with Crippen LogP contribution in [-0.2, 0) is 0 Å². The second-order valence-corrected chi connectivity index (χ2v) is 8.72. The number of aromatic nitrogens is 2. The van der Waals surface area contributed by atoms with Crippen molar-refractivity contribution in [3.05, 3.63) is 100 Å². The van der Waals surface area contributed by atoms with Gasteiger partial charge in [0.05, 0.1) is 16.4 Å². The fourth-order valence-corrected chi connectivity index (χ4v) is 4.36. The van der Waals surface area contributed by atoms with E-state index in [9.17, 15) is 27.9 Å². The second-order valence-electron chi connectivity index (χ2n) is 8.72. The van der Waals surface area contributed by atoms with Crippen molar-refractivity contribution in [1.82, 2.24) is 9.97 Å². The van der Waals surface area contributed by atoms with Crippen LogP contribution >= 0.6 is 0 Å². The summed E-state index contributed by atoms with van der Waals surface area (Å²) in [7, 11) is 0. The molecule has 0 aliphatic heterocycles. The Bertz CT molecular complexity index is 1890. The maximum absolute atomic E-state index is 12.5. The molecule has 0 fully saturated rings. The minimum Gasteiger partial charge on any atom is -0.506 e. The van der Waals surface area contributed by atoms with Gasteiger partial charge in [-0.05, 0) is 48.6 Å². The largest absolute Gasteiger partial charge is 0.506 e. The summed E-state index contributed by atoms with van der Waals surface area (Å²) in [6.45, 7) is 4.21. The number of aromatic hydroxyl groups is 1. The quantitative estimate of drug-likeness (QED) is 0.118. The molecule has 6 nitrogen and oxygen atoms in total. The first-order valence-corrected chi connectivity index (χ1v) is 11.5. The van der Waals surface area contributed by atoms with Gasteiger partial charge in [-0.25, -0.2) is 4.79 Å². The monoisotopic (exact) mass is 669 g/mol. The van der Waals surface area contributed by atoms with Gasteiger partial charge < -0.3 is 9.52 Å². The molecule has 1 N–H and O–H groups in total. The third-order valence-electron chi connectivity index (χ3n) is 6.31. The van der Waals surface area contributed by atoms with Gasteiger partial charge in [-0.1, -0.05) is 42.5 Å². The topological polar surface area (TPSA) is 93.3 Å². The number of fused-ring (bicyclic) bond motifs is 6. The van der Waals surface area contributed by atoms with Crippen molar-refractivity contribution >= 4 is 49.3 Å². The van der Waals surface area contributed by atoms with E-state index in [4.69, 9.17) is 4.42 Å². The van der Waals surface area contributed by atoms with E-state index < -0.39 is 28.9 Å². The number of benzene rings is 3. The molecule has 1 radical (unpaired) electrons. The normalized spacial score (nSPS) is 11.3. The summed E-state index contributed by atoms with van der Waals surface area (Å²) in [6, 6.07) is 17.8. The molecule has 0 atom stereocenters. The first-order chi connectivity index (χ1) is 18.1. The smallest absolute Gasteiger partial charge is 0.455 e. The predicted octanol–water partition coefficient (Wildman–Crippen LogP) is 6.80. The number of hydrogen-bond acceptors (Lipinski definition) is 6. The van der Waals surface area contributed by atoms with Gasteiger partial charge in [0.25, 0.3) is 5.78 Å². The van der Waals surface area contributed by atoms with Crippen molar-refractivity contribution in [3.63, 3.8) is 0 Å². The van der Waals surface area contributed by atoms with Gasteiger partial charge in [0.1, 0.15) is 11.3 Å². The fraction of sp³-hybridized carbons (Fsp3) is 0.103. The van der Waals surface area contributed by atoms with Crippen LogP contribution in [0.25, 0.3) is 43.5 Å². The Labute approximate surface area is 260 Å². The summed E-state index contributed by atoms with van der Waals surface area (Å²) in [5.74, 6) is -3.46. The van der Waals surface area contributed by atoms with Crippen molar-refractivity contribution < 1.29 is 76.9 Å². The summed E-state index contributed by atoms with van der Waals surface area (Å²) in [5.41, 5.74) is 1.49. The Kier molecular flexibility index (Phi) is 8.21. The molecule has 0 unspecified atom stereocenters. The Morgan fingerprint density at radius 2 is 1.33 bits per heavy atom. The van der Waals surface area contributed by atoms with Gasteiger partial charge in [0.15, 0.2) is 5.56 Å². The maximum Gasteiger partial charge on any atom is 0.455 e. The zero-order valence-electron chi connectivity index (χ0n) is 20.5. The summed E-state index contributed by atoms with van der Waals surface area (Å²) in [4.78, 5) is 31.9. The van der Waals surface area contributed by atoms with Gasteiger partial charge in [-0.2, -0.15) is 13.2 Å². The van der Waals surface area contributed by atoms with Crippen molar-refractivity contribution in [1.29, 1.82) is 0 Å². The van der Waals surface area contributed by atoms with Gasteiger partial charge >= 0.3 is 11.8 Å². The van der Waals surface area contributed by atoms with Crippen LogP contribution in [0, 0.1) is 63.2 Å². The van der Waals surface area contributed by atoms with Crippen LogP contribution in [-0.4, -0.2) is 27.0 Å². The number of Topliss-reactive ketones (excluding diaryl/α,β-unsaturated/α-hetero) is 1. The minimum absolute atomic E-state index is 0. The van der Waals surface area contributed by atoms with Gasteiger partial charge in [-0.15, -0.1) is 0 Å². The van der Waals surface area contributed by atoms with Crippen LogP contribution in [0.3, 0.4) is 0 Å². The number of ketones is 1. The van der Waals surface area contributed by atoms with Crippen molar-refractivity contribution in [3.8, 4) is 5.75 Å². The predicted molar refractivity (Wildman–Crippen MR) is 139 cm³/mol. The number of rotatable bonds is 1. The Morgan fingerprint density at radius 3 is 1.90 bits per heavy atom. The molecule has 0 saturated heterocycles. The van der Waals surface area contributed by atoms with Gasteiger partial charge in [-0.3, -0.25) is 14.8 Å². The van der Waals surface area contributed by atoms with Crippen molar-refractivity contribution in [2.24, 2.45) is 0 Å². The number of aryl methyl sites for hydroxylation is 2. The molecule has 197 valence electrons. The van der Waals surface area contributed by atoms with Gasteiger partial charge in [0, 0.05) is 77.9 Å². The fourth-order valence-electron chi connectivity index (χ4n) is 4.36. The average Bonchev–Trinajstić information content (AvgIpc) is 2.89. The summed E-state index contributed by atoms with van der Waals surface area (Å²) >= 11 is 0. The third kappa shape index (κ3) is 5.33. The van der Waals surface area contributed by atoms with E-state index in [1.807, 2.05) is 24.5 Å². The first-order valence-electron chi connectivity index (χ1n) is 11.5. The molecule has 3 aromatic carbocycles. The molecule has 3 aromatic heterocycles. The number of halogens is 3. The van der Waals surface area contributed by atoms with Gasteiger partial charge in [0.2, 0.25) is 0 Å². The molecule has 0 amide bonds. The summed E-state index contributed by atoms with van der Waals surface area (Å²) in [5, 5.41) is 13.3. The van der Waals surface area contributed by atoms with E-state index in [0.717, 1.165) is 11.0 Å². The number of hydrogen-bond donors (Lipinski definition) is 1.